The van der Waals surface area contributed by atoms with E-state index in [4.69, 9.17) is 0 Å². The van der Waals surface area contributed by atoms with Crippen molar-refractivity contribution < 1.29 is 32.6 Å². The molecule has 0 unspecified atom stereocenters. The molecule has 0 aliphatic heterocycles. The van der Waals surface area contributed by atoms with Crippen LogP contribution in [0, 0.1) is 5.82 Å². The van der Waals surface area contributed by atoms with Crippen molar-refractivity contribution >= 4 is 17.2 Å². The van der Waals surface area contributed by atoms with E-state index in [1.54, 1.807) is 36.4 Å². The third-order valence-electron chi connectivity index (χ3n) is 5.95. The lowest BCUT2D eigenvalue weighted by molar-refractivity contribution is -0.156. The Kier molecular flexibility index (Phi) is 6.36. The number of rotatable bonds is 5. The van der Waals surface area contributed by atoms with Gasteiger partial charge in [-0.15, -0.1) is 0 Å². The number of imidazole rings is 1. The van der Waals surface area contributed by atoms with Gasteiger partial charge in [0.2, 0.25) is 5.79 Å². The second-order valence-corrected chi connectivity index (χ2v) is 8.73. The van der Waals surface area contributed by atoms with Gasteiger partial charge in [-0.05, 0) is 36.8 Å². The number of aromatic nitrogens is 4. The molecular weight excluding hydrogens is 518 g/mol. The number of carbonyl (C=O) groups excluding carboxylic acids is 1. The summed E-state index contributed by atoms with van der Waals surface area (Å²) >= 11 is 0. The lowest BCUT2D eigenvalue weighted by atomic mass is 10.0. The Bertz CT molecular complexity index is 1680. The summed E-state index contributed by atoms with van der Waals surface area (Å²) in [6.07, 6.45) is 0.228. The van der Waals surface area contributed by atoms with Crippen LogP contribution in [0.5, 0.6) is 0 Å². The molecule has 0 radical (unpaired) electrons. The Morgan fingerprint density at radius 2 is 1.64 bits per heavy atom. The van der Waals surface area contributed by atoms with Crippen molar-refractivity contribution in [3.8, 4) is 22.5 Å². The van der Waals surface area contributed by atoms with E-state index in [1.807, 2.05) is 0 Å². The van der Waals surface area contributed by atoms with E-state index in [0.717, 1.165) is 13.0 Å². The van der Waals surface area contributed by atoms with Gasteiger partial charge in [-0.25, -0.2) is 19.3 Å². The van der Waals surface area contributed by atoms with Gasteiger partial charge in [-0.2, -0.15) is 13.2 Å². The minimum absolute atomic E-state index is 0.0168. The highest BCUT2D eigenvalue weighted by molar-refractivity contribution is 6.09. The van der Waals surface area contributed by atoms with Crippen LogP contribution in [0.3, 0.4) is 0 Å². The van der Waals surface area contributed by atoms with Crippen LogP contribution in [0.25, 0.3) is 28.2 Å². The first-order valence-electron chi connectivity index (χ1n) is 11.5. The summed E-state index contributed by atoms with van der Waals surface area (Å²) in [4.78, 5) is 25.3. The van der Waals surface area contributed by atoms with E-state index < -0.39 is 40.4 Å². The number of halogens is 4. The minimum Gasteiger partial charge on any atom is -0.361 e. The van der Waals surface area contributed by atoms with E-state index in [-0.39, 0.29) is 28.9 Å². The van der Waals surface area contributed by atoms with E-state index in [9.17, 15) is 28.2 Å². The maximum atomic E-state index is 15.0. The quantitative estimate of drug-likeness (QED) is 0.214. The highest BCUT2D eigenvalue weighted by Crippen LogP contribution is 2.38. The van der Waals surface area contributed by atoms with Gasteiger partial charge in [0.05, 0.1) is 23.0 Å². The Morgan fingerprint density at radius 3 is 2.28 bits per heavy atom. The number of nitrogens with one attached hydrogen (secondary N) is 1. The van der Waals surface area contributed by atoms with E-state index >= 15 is 4.39 Å². The summed E-state index contributed by atoms with van der Waals surface area (Å²) in [7, 11) is 0. The zero-order valence-corrected chi connectivity index (χ0v) is 20.1. The van der Waals surface area contributed by atoms with E-state index in [2.05, 4.69) is 20.3 Å². The molecule has 0 atom stereocenters. The van der Waals surface area contributed by atoms with Gasteiger partial charge < -0.3 is 15.5 Å². The van der Waals surface area contributed by atoms with Crippen molar-refractivity contribution in [1.82, 2.24) is 19.4 Å². The predicted octanol–water partition coefficient (Wildman–Crippen LogP) is 5.03. The molecule has 198 valence electrons. The van der Waals surface area contributed by atoms with Crippen LogP contribution in [0.4, 0.5) is 23.2 Å². The average molecular weight is 537 g/mol. The third kappa shape index (κ3) is 4.94. The topological polar surface area (TPSA) is 113 Å². The van der Waals surface area contributed by atoms with Crippen LogP contribution in [-0.2, 0) is 12.0 Å². The Hall–Kier alpha value is -4.68. The van der Waals surface area contributed by atoms with Crippen LogP contribution in [-0.4, -0.2) is 35.5 Å². The number of amides is 1. The molecule has 1 amide bonds. The van der Waals surface area contributed by atoms with Gasteiger partial charge in [0, 0.05) is 29.7 Å². The maximum absolute atomic E-state index is 15.0. The van der Waals surface area contributed by atoms with E-state index in [0.29, 0.717) is 11.1 Å². The lowest BCUT2D eigenvalue weighted by Gasteiger charge is -2.18. The van der Waals surface area contributed by atoms with Crippen LogP contribution < -0.4 is 5.32 Å². The number of anilines is 1. The molecular formula is C27H19F4N5O3. The molecule has 8 nitrogen and oxygen atoms in total. The van der Waals surface area contributed by atoms with Crippen molar-refractivity contribution in [2.24, 2.45) is 0 Å². The fourth-order valence-electron chi connectivity index (χ4n) is 4.17. The second-order valence-electron chi connectivity index (χ2n) is 8.73. The first kappa shape index (κ1) is 25.9. The van der Waals surface area contributed by atoms with E-state index in [1.165, 1.54) is 35.3 Å². The molecule has 3 heterocycles. The SMILES string of the molecule is CC(O)(O)c1cnc2c(NC(=O)c3cc(-c4ncccn4)c(C(F)(F)F)cc3F)c(-c3ccccc3)ccn12. The first-order valence-corrected chi connectivity index (χ1v) is 11.5. The second kappa shape index (κ2) is 9.57. The summed E-state index contributed by atoms with van der Waals surface area (Å²) < 4.78 is 57.6. The summed E-state index contributed by atoms with van der Waals surface area (Å²) in [5.74, 6) is -5.09. The Balaban J connectivity index is 1.67. The average Bonchev–Trinajstić information content (AvgIpc) is 3.35. The molecule has 39 heavy (non-hydrogen) atoms. The molecule has 0 aliphatic carbocycles. The number of pyridine rings is 1. The molecule has 0 saturated carbocycles. The summed E-state index contributed by atoms with van der Waals surface area (Å²) in [5.41, 5.74) is -1.36. The Labute approximate surface area is 218 Å². The summed E-state index contributed by atoms with van der Waals surface area (Å²) in [6, 6.07) is 12.8. The standard InChI is InChI=1S/C27H19F4N5O3/c1-26(38,39)21-14-34-24-22(16(8-11-36(21)24)15-6-3-2-4-7-15)35-25(37)18-12-17(23-32-9-5-10-33-23)19(13-20(18)28)27(29,30)31/h2-14,38-39H,1H3,(H,35,37). The molecule has 12 heteroatoms. The van der Waals surface area contributed by atoms with Gasteiger partial charge in [-0.1, -0.05) is 30.3 Å². The fourth-order valence-corrected chi connectivity index (χ4v) is 4.17. The molecule has 5 aromatic rings. The summed E-state index contributed by atoms with van der Waals surface area (Å²) in [6.45, 7) is 1.13. The largest absolute Gasteiger partial charge is 0.417 e. The smallest absolute Gasteiger partial charge is 0.361 e. The van der Waals surface area contributed by atoms with Gasteiger partial charge in [-0.3, -0.25) is 9.20 Å². The van der Waals surface area contributed by atoms with Crippen molar-refractivity contribution in [2.45, 2.75) is 18.9 Å². The molecule has 3 aromatic heterocycles. The first-order chi connectivity index (χ1) is 18.4. The number of alkyl halides is 3. The molecule has 0 aliphatic rings. The van der Waals surface area contributed by atoms with Crippen molar-refractivity contribution in [3.05, 3.63) is 102 Å². The third-order valence-corrected chi connectivity index (χ3v) is 5.95. The van der Waals surface area contributed by atoms with Crippen LogP contribution in [0.2, 0.25) is 0 Å². The predicted molar refractivity (Wildman–Crippen MR) is 133 cm³/mol. The minimum atomic E-state index is -4.94. The van der Waals surface area contributed by atoms with Crippen molar-refractivity contribution in [2.75, 3.05) is 5.32 Å². The van der Waals surface area contributed by atoms with Gasteiger partial charge in [0.15, 0.2) is 11.5 Å². The zero-order valence-electron chi connectivity index (χ0n) is 20.1. The van der Waals surface area contributed by atoms with Crippen molar-refractivity contribution in [3.63, 3.8) is 0 Å². The van der Waals surface area contributed by atoms with Gasteiger partial charge in [0.25, 0.3) is 5.91 Å². The number of nitrogens with zero attached hydrogens (tertiary/aromatic N) is 4. The fraction of sp³-hybridized carbons (Fsp3) is 0.111. The van der Waals surface area contributed by atoms with Crippen LogP contribution in [0.15, 0.2) is 79.4 Å². The summed E-state index contributed by atoms with van der Waals surface area (Å²) in [5, 5.41) is 22.8. The molecule has 5 rings (SSSR count). The highest BCUT2D eigenvalue weighted by atomic mass is 19.4. The molecule has 0 spiro atoms. The molecule has 0 fully saturated rings. The maximum Gasteiger partial charge on any atom is 0.417 e. The zero-order chi connectivity index (χ0) is 27.9. The number of aliphatic hydroxyl groups is 2. The number of fused-ring (bicyclic) bond motifs is 1. The number of hydrogen-bond acceptors (Lipinski definition) is 6. The number of carbonyl (C=O) groups is 1. The monoisotopic (exact) mass is 537 g/mol. The molecule has 0 saturated heterocycles. The molecule has 0 bridgehead atoms. The number of benzene rings is 2. The lowest BCUT2D eigenvalue weighted by Crippen LogP contribution is -2.22. The number of hydrogen-bond donors (Lipinski definition) is 3. The van der Waals surface area contributed by atoms with Crippen molar-refractivity contribution in [1.29, 1.82) is 0 Å². The highest BCUT2D eigenvalue weighted by Gasteiger charge is 2.36. The Morgan fingerprint density at radius 1 is 0.949 bits per heavy atom. The normalized spacial score (nSPS) is 12.1. The van der Waals surface area contributed by atoms with Gasteiger partial charge in [0.1, 0.15) is 11.5 Å². The molecule has 3 N–H and O–H groups in total. The molecule has 2 aromatic carbocycles. The van der Waals surface area contributed by atoms with Gasteiger partial charge >= 0.3 is 6.18 Å². The van der Waals surface area contributed by atoms with Crippen LogP contribution in [0.1, 0.15) is 28.5 Å². The van der Waals surface area contributed by atoms with Crippen LogP contribution >= 0.6 is 0 Å².